The Hall–Kier alpha value is -3.25. The van der Waals surface area contributed by atoms with E-state index in [-0.39, 0.29) is 17.4 Å². The van der Waals surface area contributed by atoms with Crippen LogP contribution in [0.2, 0.25) is 5.02 Å². The number of carbonyl (C=O) groups excluding carboxylic acids is 1. The Balaban J connectivity index is 1.53. The minimum Gasteiger partial charge on any atom is -0.326 e. The zero-order chi connectivity index (χ0) is 21.3. The fourth-order valence-corrected chi connectivity index (χ4v) is 3.65. The number of rotatable bonds is 5. The fourth-order valence-electron chi connectivity index (χ4n) is 3.47. The lowest BCUT2D eigenvalue weighted by molar-refractivity contribution is -0.116. The number of fused-ring (bicyclic) bond motifs is 1. The molecule has 5 nitrogen and oxygen atoms in total. The standard InChI is InChI=1S/C23H20ClFN4O/c1-14-18(9-11-23(30)27-17-8-10-20(25)19(24)12-17)15(2)29-22(26-14)13-21(28-29)16-6-4-3-5-7-16/h3-8,10,12-13H,9,11H2,1-2H3,(H,27,30). The monoisotopic (exact) mass is 422 g/mol. The number of nitrogens with one attached hydrogen (secondary N) is 1. The van der Waals surface area contributed by atoms with E-state index in [1.54, 1.807) is 0 Å². The molecule has 1 N–H and O–H groups in total. The molecule has 0 unspecified atom stereocenters. The first-order valence-electron chi connectivity index (χ1n) is 9.58. The van der Waals surface area contributed by atoms with E-state index in [0.29, 0.717) is 12.1 Å². The number of benzene rings is 2. The topological polar surface area (TPSA) is 59.3 Å². The lowest BCUT2D eigenvalue weighted by Gasteiger charge is -2.11. The van der Waals surface area contributed by atoms with Gasteiger partial charge in [0, 0.05) is 35.1 Å². The maximum atomic E-state index is 13.3. The van der Waals surface area contributed by atoms with Crippen molar-refractivity contribution in [3.8, 4) is 11.3 Å². The molecule has 0 aliphatic heterocycles. The Labute approximate surface area is 178 Å². The molecule has 2 heterocycles. The average Bonchev–Trinajstić information content (AvgIpc) is 3.15. The van der Waals surface area contributed by atoms with Crippen molar-refractivity contribution in [2.75, 3.05) is 5.32 Å². The largest absolute Gasteiger partial charge is 0.326 e. The first-order chi connectivity index (χ1) is 14.4. The van der Waals surface area contributed by atoms with Crippen LogP contribution in [0.15, 0.2) is 54.6 Å². The molecule has 152 valence electrons. The van der Waals surface area contributed by atoms with Crippen molar-refractivity contribution in [3.63, 3.8) is 0 Å². The first kappa shape index (κ1) is 20.0. The van der Waals surface area contributed by atoms with Gasteiger partial charge in [-0.15, -0.1) is 0 Å². The highest BCUT2D eigenvalue weighted by Gasteiger charge is 2.14. The van der Waals surface area contributed by atoms with Crippen molar-refractivity contribution < 1.29 is 9.18 Å². The summed E-state index contributed by atoms with van der Waals surface area (Å²) in [6.45, 7) is 3.92. The van der Waals surface area contributed by atoms with Gasteiger partial charge in [0.15, 0.2) is 5.65 Å². The van der Waals surface area contributed by atoms with E-state index in [4.69, 9.17) is 16.7 Å². The van der Waals surface area contributed by atoms with E-state index in [1.165, 1.54) is 18.2 Å². The normalized spacial score (nSPS) is 11.1. The summed E-state index contributed by atoms with van der Waals surface area (Å²) in [5, 5.41) is 7.42. The van der Waals surface area contributed by atoms with Gasteiger partial charge in [0.1, 0.15) is 5.82 Å². The molecule has 0 atom stereocenters. The van der Waals surface area contributed by atoms with Crippen LogP contribution in [0.25, 0.3) is 16.9 Å². The third-order valence-electron chi connectivity index (χ3n) is 5.04. The van der Waals surface area contributed by atoms with E-state index in [0.717, 1.165) is 33.9 Å². The molecule has 0 aliphatic carbocycles. The number of nitrogens with zero attached hydrogens (tertiary/aromatic N) is 3. The Morgan fingerprint density at radius 1 is 1.13 bits per heavy atom. The molecule has 1 amide bonds. The zero-order valence-corrected chi connectivity index (χ0v) is 17.4. The van der Waals surface area contributed by atoms with Crippen molar-refractivity contribution in [1.29, 1.82) is 0 Å². The van der Waals surface area contributed by atoms with E-state index in [1.807, 2.05) is 54.8 Å². The average molecular weight is 423 g/mol. The van der Waals surface area contributed by atoms with Gasteiger partial charge in [-0.05, 0) is 44.0 Å². The molecular formula is C23H20ClFN4O. The van der Waals surface area contributed by atoms with Gasteiger partial charge in [-0.2, -0.15) is 5.10 Å². The summed E-state index contributed by atoms with van der Waals surface area (Å²) in [5.74, 6) is -0.698. The minimum absolute atomic E-state index is 0.0259. The van der Waals surface area contributed by atoms with Gasteiger partial charge in [0.25, 0.3) is 0 Å². The third kappa shape index (κ3) is 4.04. The van der Waals surface area contributed by atoms with Crippen molar-refractivity contribution in [3.05, 3.63) is 82.4 Å². The van der Waals surface area contributed by atoms with Crippen molar-refractivity contribution >= 4 is 28.8 Å². The molecule has 2 aromatic heterocycles. The van der Waals surface area contributed by atoms with Gasteiger partial charge in [0.2, 0.25) is 5.91 Å². The number of amides is 1. The van der Waals surface area contributed by atoms with E-state index >= 15 is 0 Å². The van der Waals surface area contributed by atoms with Crippen molar-refractivity contribution in [2.24, 2.45) is 0 Å². The smallest absolute Gasteiger partial charge is 0.224 e. The minimum atomic E-state index is -0.519. The number of anilines is 1. The van der Waals surface area contributed by atoms with Gasteiger partial charge < -0.3 is 5.32 Å². The maximum absolute atomic E-state index is 13.3. The number of hydrogen-bond acceptors (Lipinski definition) is 3. The van der Waals surface area contributed by atoms with Gasteiger partial charge in [-0.25, -0.2) is 13.9 Å². The van der Waals surface area contributed by atoms with Crippen LogP contribution in [-0.4, -0.2) is 20.5 Å². The molecule has 30 heavy (non-hydrogen) atoms. The zero-order valence-electron chi connectivity index (χ0n) is 16.6. The number of aryl methyl sites for hydroxylation is 2. The summed E-state index contributed by atoms with van der Waals surface area (Å²) >= 11 is 5.77. The van der Waals surface area contributed by atoms with Crippen LogP contribution < -0.4 is 5.32 Å². The highest BCUT2D eigenvalue weighted by atomic mass is 35.5. The van der Waals surface area contributed by atoms with Gasteiger partial charge in [0.05, 0.1) is 10.7 Å². The molecule has 0 aliphatic rings. The third-order valence-corrected chi connectivity index (χ3v) is 5.33. The predicted molar refractivity (Wildman–Crippen MR) is 116 cm³/mol. The maximum Gasteiger partial charge on any atom is 0.224 e. The molecule has 0 radical (unpaired) electrons. The van der Waals surface area contributed by atoms with E-state index in [2.05, 4.69) is 10.3 Å². The summed E-state index contributed by atoms with van der Waals surface area (Å²) in [6.07, 6.45) is 0.776. The highest BCUT2D eigenvalue weighted by Crippen LogP contribution is 2.23. The molecule has 7 heteroatoms. The van der Waals surface area contributed by atoms with Crippen LogP contribution in [0.3, 0.4) is 0 Å². The Bertz CT molecular complexity index is 1240. The predicted octanol–water partition coefficient (Wildman–Crippen LogP) is 5.38. The molecule has 4 aromatic rings. The summed E-state index contributed by atoms with van der Waals surface area (Å²) in [6, 6.07) is 16.0. The van der Waals surface area contributed by atoms with Gasteiger partial charge >= 0.3 is 0 Å². The lowest BCUT2D eigenvalue weighted by atomic mass is 10.1. The van der Waals surface area contributed by atoms with Crippen LogP contribution in [0.1, 0.15) is 23.4 Å². The second-order valence-electron chi connectivity index (χ2n) is 7.10. The Morgan fingerprint density at radius 3 is 2.63 bits per heavy atom. The molecule has 0 spiro atoms. The first-order valence-corrected chi connectivity index (χ1v) is 9.96. The molecule has 2 aromatic carbocycles. The molecule has 4 rings (SSSR count). The number of halogens is 2. The SMILES string of the molecule is Cc1nc2cc(-c3ccccc3)nn2c(C)c1CCC(=O)Nc1ccc(F)c(Cl)c1. The van der Waals surface area contributed by atoms with Gasteiger partial charge in [-0.3, -0.25) is 4.79 Å². The Kier molecular flexibility index (Phi) is 5.50. The fraction of sp³-hybridized carbons (Fsp3) is 0.174. The van der Waals surface area contributed by atoms with Crippen LogP contribution >= 0.6 is 11.6 Å². The number of aromatic nitrogens is 3. The van der Waals surface area contributed by atoms with Crippen LogP contribution in [0.4, 0.5) is 10.1 Å². The lowest BCUT2D eigenvalue weighted by Crippen LogP contribution is -2.14. The van der Waals surface area contributed by atoms with Crippen molar-refractivity contribution in [2.45, 2.75) is 26.7 Å². The molecular weight excluding hydrogens is 403 g/mol. The van der Waals surface area contributed by atoms with Crippen LogP contribution in [-0.2, 0) is 11.2 Å². The molecule has 0 saturated heterocycles. The van der Waals surface area contributed by atoms with Gasteiger partial charge in [-0.1, -0.05) is 41.9 Å². The quantitative estimate of drug-likeness (QED) is 0.470. The molecule has 0 bridgehead atoms. The Morgan fingerprint density at radius 2 is 1.90 bits per heavy atom. The van der Waals surface area contributed by atoms with E-state index in [9.17, 15) is 9.18 Å². The summed E-state index contributed by atoms with van der Waals surface area (Å²) < 4.78 is 15.1. The van der Waals surface area contributed by atoms with Crippen LogP contribution in [0.5, 0.6) is 0 Å². The van der Waals surface area contributed by atoms with E-state index < -0.39 is 5.82 Å². The molecule has 0 fully saturated rings. The number of hydrogen-bond donors (Lipinski definition) is 1. The highest BCUT2D eigenvalue weighted by molar-refractivity contribution is 6.31. The summed E-state index contributed by atoms with van der Waals surface area (Å²) in [5.41, 5.74) is 5.94. The van der Waals surface area contributed by atoms with Crippen molar-refractivity contribution in [1.82, 2.24) is 14.6 Å². The second-order valence-corrected chi connectivity index (χ2v) is 7.51. The second kappa shape index (κ2) is 8.24. The summed E-state index contributed by atoms with van der Waals surface area (Å²) in [7, 11) is 0. The van der Waals surface area contributed by atoms with Crippen LogP contribution in [0, 0.1) is 19.7 Å². The summed E-state index contributed by atoms with van der Waals surface area (Å²) in [4.78, 5) is 17.0. The molecule has 0 saturated carbocycles. The number of carbonyl (C=O) groups is 1.